The lowest BCUT2D eigenvalue weighted by atomic mass is 10.2. The van der Waals surface area contributed by atoms with Crippen molar-refractivity contribution in [3.8, 4) is 0 Å². The summed E-state index contributed by atoms with van der Waals surface area (Å²) in [4.78, 5) is 29.1. The maximum Gasteiger partial charge on any atom is 0.413 e. The molecule has 0 unspecified atom stereocenters. The molecule has 0 atom stereocenters. The molecule has 0 aliphatic rings. The molecule has 0 aliphatic heterocycles. The molecule has 0 aromatic carbocycles. The second-order valence-corrected chi connectivity index (χ2v) is 4.88. The summed E-state index contributed by atoms with van der Waals surface area (Å²) in [5, 5.41) is 11.3. The number of ether oxygens (including phenoxy) is 1. The number of nitrogens with one attached hydrogen (secondary N) is 2. The van der Waals surface area contributed by atoms with Crippen LogP contribution in [0, 0.1) is 0 Å². The van der Waals surface area contributed by atoms with Crippen LogP contribution >= 0.6 is 0 Å². The summed E-state index contributed by atoms with van der Waals surface area (Å²) < 4.78 is 5.02. The zero-order chi connectivity index (χ0) is 14.6. The molecule has 0 spiro atoms. The highest BCUT2D eigenvalue weighted by molar-refractivity contribution is 5.96. The lowest BCUT2D eigenvalue weighted by Crippen LogP contribution is -2.27. The molecule has 0 fully saturated rings. The summed E-state index contributed by atoms with van der Waals surface area (Å²) in [6.45, 7) is 5.43. The van der Waals surface area contributed by atoms with E-state index in [0.717, 1.165) is 0 Å². The van der Waals surface area contributed by atoms with Crippen molar-refractivity contribution in [1.82, 2.24) is 9.97 Å². The van der Waals surface area contributed by atoms with Crippen molar-refractivity contribution in [2.75, 3.05) is 11.9 Å². The first-order valence-corrected chi connectivity index (χ1v) is 5.75. The van der Waals surface area contributed by atoms with Crippen molar-refractivity contribution in [3.63, 3.8) is 0 Å². The van der Waals surface area contributed by atoms with Gasteiger partial charge in [-0.1, -0.05) is 0 Å². The molecule has 8 nitrogen and oxygen atoms in total. The second kappa shape index (κ2) is 5.70. The van der Waals surface area contributed by atoms with Crippen LogP contribution in [0.3, 0.4) is 0 Å². The Kier molecular flexibility index (Phi) is 4.49. The van der Waals surface area contributed by atoms with Crippen LogP contribution in [-0.4, -0.2) is 39.3 Å². The van der Waals surface area contributed by atoms with E-state index >= 15 is 0 Å². The van der Waals surface area contributed by atoms with Gasteiger partial charge >= 0.3 is 12.1 Å². The van der Waals surface area contributed by atoms with Gasteiger partial charge in [0.05, 0.1) is 0 Å². The first-order chi connectivity index (χ1) is 8.73. The van der Waals surface area contributed by atoms with E-state index in [2.05, 4.69) is 15.3 Å². The number of H-pyrrole nitrogens is 1. The Morgan fingerprint density at radius 1 is 1.47 bits per heavy atom. The lowest BCUT2D eigenvalue weighted by Gasteiger charge is -2.19. The van der Waals surface area contributed by atoms with Crippen molar-refractivity contribution in [2.45, 2.75) is 32.8 Å². The van der Waals surface area contributed by atoms with Crippen LogP contribution in [0.2, 0.25) is 0 Å². The quantitative estimate of drug-likeness (QED) is 0.644. The first-order valence-electron chi connectivity index (χ1n) is 5.75. The van der Waals surface area contributed by atoms with E-state index in [-0.39, 0.29) is 11.5 Å². The highest BCUT2D eigenvalue weighted by atomic mass is 16.6. The minimum Gasteiger partial charge on any atom is -0.476 e. The SMILES string of the molecule is CC(C)(C)OC(=O)Nc1nc(CCN)[nH]c1C(=O)O. The summed E-state index contributed by atoms with van der Waals surface area (Å²) in [5.74, 6) is -0.905. The number of carboxylic acids is 1. The zero-order valence-electron chi connectivity index (χ0n) is 11.1. The fraction of sp³-hybridized carbons (Fsp3) is 0.545. The van der Waals surface area contributed by atoms with Crippen LogP contribution in [0.25, 0.3) is 0 Å². The van der Waals surface area contributed by atoms with Gasteiger partial charge in [0.15, 0.2) is 11.5 Å². The number of nitrogens with zero attached hydrogens (tertiary/aromatic N) is 1. The number of aromatic carboxylic acids is 1. The van der Waals surface area contributed by atoms with Gasteiger partial charge in [0.25, 0.3) is 0 Å². The Morgan fingerprint density at radius 3 is 2.58 bits per heavy atom. The second-order valence-electron chi connectivity index (χ2n) is 4.88. The molecule has 106 valence electrons. The number of aromatic nitrogens is 2. The van der Waals surface area contributed by atoms with Crippen LogP contribution in [0.1, 0.15) is 37.1 Å². The van der Waals surface area contributed by atoms with Crippen molar-refractivity contribution in [2.24, 2.45) is 5.73 Å². The average molecular weight is 270 g/mol. The fourth-order valence-corrected chi connectivity index (χ4v) is 1.32. The number of amides is 1. The Hall–Kier alpha value is -2.09. The van der Waals surface area contributed by atoms with E-state index in [1.165, 1.54) is 0 Å². The topological polar surface area (TPSA) is 130 Å². The predicted molar refractivity (Wildman–Crippen MR) is 68.2 cm³/mol. The van der Waals surface area contributed by atoms with Gasteiger partial charge in [-0.3, -0.25) is 5.32 Å². The molecule has 0 saturated heterocycles. The van der Waals surface area contributed by atoms with Crippen molar-refractivity contribution in [3.05, 3.63) is 11.5 Å². The number of hydrogen-bond donors (Lipinski definition) is 4. The van der Waals surface area contributed by atoms with Gasteiger partial charge in [-0.05, 0) is 27.3 Å². The third kappa shape index (κ3) is 4.59. The highest BCUT2D eigenvalue weighted by Crippen LogP contribution is 2.15. The number of aromatic amines is 1. The summed E-state index contributed by atoms with van der Waals surface area (Å²) >= 11 is 0. The first kappa shape index (κ1) is 15.0. The van der Waals surface area contributed by atoms with E-state index in [9.17, 15) is 9.59 Å². The smallest absolute Gasteiger partial charge is 0.413 e. The highest BCUT2D eigenvalue weighted by Gasteiger charge is 2.21. The largest absolute Gasteiger partial charge is 0.476 e. The fourth-order valence-electron chi connectivity index (χ4n) is 1.32. The van der Waals surface area contributed by atoms with Crippen LogP contribution in [0.5, 0.6) is 0 Å². The number of hydrogen-bond acceptors (Lipinski definition) is 5. The van der Waals surface area contributed by atoms with Gasteiger partial charge in [0, 0.05) is 6.42 Å². The molecular weight excluding hydrogens is 252 g/mol. The van der Waals surface area contributed by atoms with Gasteiger partial charge in [0.1, 0.15) is 11.4 Å². The zero-order valence-corrected chi connectivity index (χ0v) is 11.1. The summed E-state index contributed by atoms with van der Waals surface area (Å²) in [6.07, 6.45) is -0.378. The molecule has 1 aromatic heterocycles. The maximum absolute atomic E-state index is 11.6. The van der Waals surface area contributed by atoms with Gasteiger partial charge in [-0.25, -0.2) is 14.6 Å². The average Bonchev–Trinajstić information content (AvgIpc) is 2.58. The van der Waals surface area contributed by atoms with E-state index < -0.39 is 17.7 Å². The normalized spacial score (nSPS) is 11.2. The standard InChI is InChI=1S/C11H18N4O4/c1-11(2,3)19-10(18)15-8-7(9(16)17)13-6(14-8)4-5-12/h4-5,12H2,1-3H3,(H,13,14)(H,15,18)(H,16,17). The number of imidazole rings is 1. The molecule has 1 rings (SSSR count). The van der Waals surface area contributed by atoms with Crippen LogP contribution in [-0.2, 0) is 11.2 Å². The molecule has 0 radical (unpaired) electrons. The number of carbonyl (C=O) groups excluding carboxylic acids is 1. The Bertz CT molecular complexity index is 476. The molecule has 0 saturated carbocycles. The van der Waals surface area contributed by atoms with Gasteiger partial charge in [0.2, 0.25) is 0 Å². The Morgan fingerprint density at radius 2 is 2.11 bits per heavy atom. The molecular formula is C11H18N4O4. The van der Waals surface area contributed by atoms with Gasteiger partial charge in [-0.15, -0.1) is 0 Å². The minimum atomic E-state index is -1.22. The van der Waals surface area contributed by atoms with Crippen LogP contribution in [0.4, 0.5) is 10.6 Å². The summed E-state index contributed by atoms with van der Waals surface area (Å²) in [7, 11) is 0. The molecule has 5 N–H and O–H groups in total. The lowest BCUT2D eigenvalue weighted by molar-refractivity contribution is 0.0635. The monoisotopic (exact) mass is 270 g/mol. The van der Waals surface area contributed by atoms with Crippen LogP contribution in [0.15, 0.2) is 0 Å². The van der Waals surface area contributed by atoms with Crippen molar-refractivity contribution < 1.29 is 19.4 Å². The number of rotatable bonds is 4. The molecule has 1 heterocycles. The van der Waals surface area contributed by atoms with Crippen LogP contribution < -0.4 is 11.1 Å². The molecule has 0 aliphatic carbocycles. The Labute approximate surface area is 110 Å². The third-order valence-electron chi connectivity index (χ3n) is 1.97. The predicted octanol–water partition coefficient (Wildman–Crippen LogP) is 0.956. The summed E-state index contributed by atoms with van der Waals surface area (Å²) in [6, 6.07) is 0. The molecule has 0 bridgehead atoms. The van der Waals surface area contributed by atoms with E-state index in [4.69, 9.17) is 15.6 Å². The van der Waals surface area contributed by atoms with Gasteiger partial charge in [-0.2, -0.15) is 0 Å². The number of nitrogens with two attached hydrogens (primary N) is 1. The molecule has 19 heavy (non-hydrogen) atoms. The molecule has 1 aromatic rings. The number of carbonyl (C=O) groups is 2. The maximum atomic E-state index is 11.6. The molecule has 1 amide bonds. The van der Waals surface area contributed by atoms with Crippen molar-refractivity contribution >= 4 is 17.9 Å². The Balaban J connectivity index is 2.87. The van der Waals surface area contributed by atoms with E-state index in [0.29, 0.717) is 18.8 Å². The van der Waals surface area contributed by atoms with E-state index in [1.54, 1.807) is 20.8 Å². The molecule has 8 heteroatoms. The third-order valence-corrected chi connectivity index (χ3v) is 1.97. The van der Waals surface area contributed by atoms with Crippen molar-refractivity contribution in [1.29, 1.82) is 0 Å². The number of carboxylic acid groups (broad SMARTS) is 1. The number of anilines is 1. The van der Waals surface area contributed by atoms with Gasteiger partial charge < -0.3 is 20.6 Å². The van der Waals surface area contributed by atoms with E-state index in [1.807, 2.05) is 0 Å². The minimum absolute atomic E-state index is 0.0785. The summed E-state index contributed by atoms with van der Waals surface area (Å²) in [5.41, 5.74) is 4.48.